The van der Waals surface area contributed by atoms with Crippen LogP contribution in [0.25, 0.3) is 23.3 Å². The molecule has 2 heterocycles. The van der Waals surface area contributed by atoms with Gasteiger partial charge < -0.3 is 15.8 Å². The molecule has 5 heteroatoms. The fourth-order valence-electron chi connectivity index (χ4n) is 6.25. The molecule has 0 bridgehead atoms. The van der Waals surface area contributed by atoms with Crippen molar-refractivity contribution in [1.29, 1.82) is 5.41 Å². The van der Waals surface area contributed by atoms with Crippen molar-refractivity contribution in [1.82, 2.24) is 10.3 Å². The Labute approximate surface area is 222 Å². The Balaban J connectivity index is 1.23. The van der Waals surface area contributed by atoms with Crippen LogP contribution < -0.4 is 11.1 Å². The normalized spacial score (nSPS) is 24.7. The number of aryl methyl sites for hydroxylation is 1. The second-order valence-electron chi connectivity index (χ2n) is 11.3. The molecule has 3 aliphatic rings. The van der Waals surface area contributed by atoms with E-state index in [9.17, 15) is 0 Å². The lowest BCUT2D eigenvalue weighted by Gasteiger charge is -2.31. The molecule has 1 aromatic carbocycles. The van der Waals surface area contributed by atoms with Crippen molar-refractivity contribution in [2.45, 2.75) is 71.1 Å². The maximum Gasteiger partial charge on any atom is 0.100 e. The standard InChI is InChI=1S/C32H42N4O/c1-22-12-15-35-21-30(22)27-18-26-19-28(4-2-3-5-29(26)31(33)20-27)36-32(34)25-10-8-23(9-11-25)6-7-24-13-16-37-17-14-24/h3,5,12,15,18-21,23-25H,2,4,6-11,13-14,16-17,33H2,1H3,(H2,34,36)/b5-3-,28-19+. The third-order valence-electron chi connectivity index (χ3n) is 8.66. The Hall–Kier alpha value is -2.92. The lowest BCUT2D eigenvalue weighted by atomic mass is 9.78. The summed E-state index contributed by atoms with van der Waals surface area (Å²) in [7, 11) is 0. The Morgan fingerprint density at radius 3 is 2.59 bits per heavy atom. The molecule has 37 heavy (non-hydrogen) atoms. The van der Waals surface area contributed by atoms with Gasteiger partial charge in [-0.2, -0.15) is 0 Å². The number of aromatic nitrogens is 1. The van der Waals surface area contributed by atoms with Gasteiger partial charge in [0, 0.05) is 54.0 Å². The highest BCUT2D eigenvalue weighted by atomic mass is 16.5. The van der Waals surface area contributed by atoms with E-state index in [1.165, 1.54) is 44.1 Å². The fraction of sp³-hybridized carbons (Fsp3) is 0.500. The smallest absolute Gasteiger partial charge is 0.100 e. The van der Waals surface area contributed by atoms with Gasteiger partial charge in [-0.3, -0.25) is 10.4 Å². The second-order valence-corrected chi connectivity index (χ2v) is 11.3. The van der Waals surface area contributed by atoms with Gasteiger partial charge in [-0.1, -0.05) is 25.0 Å². The molecule has 2 aromatic rings. The van der Waals surface area contributed by atoms with E-state index in [-0.39, 0.29) is 0 Å². The number of benzene rings is 1. The predicted octanol–water partition coefficient (Wildman–Crippen LogP) is 7.37. The second kappa shape index (κ2) is 12.1. The first-order valence-corrected chi connectivity index (χ1v) is 14.2. The first-order valence-electron chi connectivity index (χ1n) is 14.2. The summed E-state index contributed by atoms with van der Waals surface area (Å²) < 4.78 is 5.52. The molecule has 0 radical (unpaired) electrons. The van der Waals surface area contributed by atoms with Crippen LogP contribution in [-0.4, -0.2) is 24.0 Å². The van der Waals surface area contributed by atoms with E-state index >= 15 is 0 Å². The lowest BCUT2D eigenvalue weighted by molar-refractivity contribution is 0.0610. The molecular formula is C32H42N4O. The zero-order valence-electron chi connectivity index (χ0n) is 22.3. The molecule has 2 fully saturated rings. The SMILES string of the molecule is Cc1ccncc1-c1cc(N)c2c(c1)/C=C(/NC(=N)C1CCC(CCC3CCOCC3)CC1)CC/C=C\2. The van der Waals surface area contributed by atoms with Crippen LogP contribution in [0.3, 0.4) is 0 Å². The number of nitrogens with zero attached hydrogens (tertiary/aromatic N) is 1. The predicted molar refractivity (Wildman–Crippen MR) is 154 cm³/mol. The number of amidine groups is 1. The van der Waals surface area contributed by atoms with Crippen LogP contribution in [-0.2, 0) is 4.74 Å². The molecule has 1 aliphatic heterocycles. The van der Waals surface area contributed by atoms with Crippen LogP contribution in [0.15, 0.2) is 42.4 Å². The first kappa shape index (κ1) is 25.7. The first-order chi connectivity index (χ1) is 18.1. The molecule has 5 nitrogen and oxygen atoms in total. The number of anilines is 1. The van der Waals surface area contributed by atoms with Gasteiger partial charge in [-0.25, -0.2) is 0 Å². The van der Waals surface area contributed by atoms with Gasteiger partial charge in [0.05, 0.1) is 0 Å². The van der Waals surface area contributed by atoms with Crippen LogP contribution in [0.4, 0.5) is 5.69 Å². The van der Waals surface area contributed by atoms with Crippen molar-refractivity contribution < 1.29 is 4.74 Å². The monoisotopic (exact) mass is 498 g/mol. The van der Waals surface area contributed by atoms with Crippen LogP contribution >= 0.6 is 0 Å². The molecule has 0 amide bonds. The van der Waals surface area contributed by atoms with Gasteiger partial charge in [-0.15, -0.1) is 0 Å². The quantitative estimate of drug-likeness (QED) is 0.221. The maximum absolute atomic E-state index is 8.89. The number of rotatable bonds is 6. The number of pyridine rings is 1. The summed E-state index contributed by atoms with van der Waals surface area (Å²) in [5.41, 5.74) is 13.9. The van der Waals surface area contributed by atoms with Gasteiger partial charge in [-0.05, 0) is 111 Å². The highest BCUT2D eigenvalue weighted by Gasteiger charge is 2.26. The van der Waals surface area contributed by atoms with Crippen molar-refractivity contribution in [3.8, 4) is 11.1 Å². The Kier molecular flexibility index (Phi) is 8.40. The lowest BCUT2D eigenvalue weighted by Crippen LogP contribution is -2.32. The minimum Gasteiger partial charge on any atom is -0.398 e. The van der Waals surface area contributed by atoms with E-state index in [1.807, 2.05) is 18.5 Å². The average Bonchev–Trinajstić information content (AvgIpc) is 2.90. The van der Waals surface area contributed by atoms with E-state index in [0.717, 1.165) is 84.4 Å². The summed E-state index contributed by atoms with van der Waals surface area (Å²) in [6.07, 6.45) is 22.1. The molecule has 4 N–H and O–H groups in total. The molecule has 2 aliphatic carbocycles. The van der Waals surface area contributed by atoms with Crippen molar-refractivity contribution >= 4 is 23.7 Å². The molecule has 1 saturated heterocycles. The highest BCUT2D eigenvalue weighted by Crippen LogP contribution is 2.35. The van der Waals surface area contributed by atoms with Gasteiger partial charge in [0.1, 0.15) is 5.84 Å². The topological polar surface area (TPSA) is 84.0 Å². The number of hydrogen-bond acceptors (Lipinski definition) is 4. The third kappa shape index (κ3) is 6.51. The van der Waals surface area contributed by atoms with E-state index < -0.39 is 0 Å². The number of ether oxygens (including phenoxy) is 1. The number of nitrogens with one attached hydrogen (secondary N) is 2. The molecule has 5 rings (SSSR count). The zero-order chi connectivity index (χ0) is 25.6. The number of fused-ring (bicyclic) bond motifs is 1. The number of nitrogens with two attached hydrogens (primary N) is 1. The van der Waals surface area contributed by atoms with Crippen molar-refractivity contribution in [3.05, 3.63) is 59.1 Å². The van der Waals surface area contributed by atoms with Crippen molar-refractivity contribution in [2.75, 3.05) is 18.9 Å². The van der Waals surface area contributed by atoms with E-state index in [0.29, 0.717) is 11.8 Å². The van der Waals surface area contributed by atoms with Crippen LogP contribution in [0, 0.1) is 30.1 Å². The number of hydrogen-bond donors (Lipinski definition) is 3. The molecule has 0 atom stereocenters. The Morgan fingerprint density at radius 1 is 1.08 bits per heavy atom. The van der Waals surface area contributed by atoms with Crippen LogP contribution in [0.1, 0.15) is 80.9 Å². The van der Waals surface area contributed by atoms with Gasteiger partial charge >= 0.3 is 0 Å². The average molecular weight is 499 g/mol. The minimum atomic E-state index is 0.343. The number of nitrogen functional groups attached to an aromatic ring is 1. The molecule has 1 saturated carbocycles. The van der Waals surface area contributed by atoms with Crippen molar-refractivity contribution in [3.63, 3.8) is 0 Å². The fourth-order valence-corrected chi connectivity index (χ4v) is 6.25. The van der Waals surface area contributed by atoms with Gasteiger partial charge in [0.15, 0.2) is 0 Å². The summed E-state index contributed by atoms with van der Waals surface area (Å²) in [5.74, 6) is 2.73. The highest BCUT2D eigenvalue weighted by molar-refractivity contribution is 5.86. The minimum absolute atomic E-state index is 0.343. The summed E-state index contributed by atoms with van der Waals surface area (Å²) >= 11 is 0. The van der Waals surface area contributed by atoms with Gasteiger partial charge in [0.2, 0.25) is 0 Å². The molecule has 1 aromatic heterocycles. The summed E-state index contributed by atoms with van der Waals surface area (Å²) in [6.45, 7) is 4.01. The van der Waals surface area contributed by atoms with E-state index in [2.05, 4.69) is 47.6 Å². The summed E-state index contributed by atoms with van der Waals surface area (Å²) in [5, 5.41) is 12.4. The van der Waals surface area contributed by atoms with Crippen molar-refractivity contribution in [2.24, 2.45) is 17.8 Å². The zero-order valence-corrected chi connectivity index (χ0v) is 22.3. The third-order valence-corrected chi connectivity index (χ3v) is 8.66. The Bertz CT molecular complexity index is 1150. The van der Waals surface area contributed by atoms with Crippen LogP contribution in [0.2, 0.25) is 0 Å². The summed E-state index contributed by atoms with van der Waals surface area (Å²) in [6, 6.07) is 6.30. The molecular weight excluding hydrogens is 456 g/mol. The maximum atomic E-state index is 8.89. The van der Waals surface area contributed by atoms with E-state index in [4.69, 9.17) is 15.9 Å². The summed E-state index contributed by atoms with van der Waals surface area (Å²) in [4.78, 5) is 4.33. The molecule has 0 unspecified atom stereocenters. The molecule has 196 valence electrons. The van der Waals surface area contributed by atoms with Crippen LogP contribution in [0.5, 0.6) is 0 Å². The van der Waals surface area contributed by atoms with E-state index in [1.54, 1.807) is 0 Å². The Morgan fingerprint density at radius 2 is 1.84 bits per heavy atom. The van der Waals surface area contributed by atoms with Gasteiger partial charge in [0.25, 0.3) is 0 Å². The largest absolute Gasteiger partial charge is 0.398 e. The molecule has 0 spiro atoms. The number of allylic oxidation sites excluding steroid dienone is 2.